The molecule has 1 atom stereocenters. The molecule has 1 aromatic carbocycles. The predicted molar refractivity (Wildman–Crippen MR) is 94.2 cm³/mol. The van der Waals surface area contributed by atoms with Crippen molar-refractivity contribution in [3.63, 3.8) is 0 Å². The van der Waals surface area contributed by atoms with Crippen LogP contribution in [0, 0.1) is 0 Å². The third-order valence-corrected chi connectivity index (χ3v) is 4.95. The van der Waals surface area contributed by atoms with Crippen LogP contribution >= 0.6 is 22.9 Å². The predicted octanol–water partition coefficient (Wildman–Crippen LogP) is 4.23. The third kappa shape index (κ3) is 3.12. The van der Waals surface area contributed by atoms with Gasteiger partial charge in [0.15, 0.2) is 11.5 Å². The molecule has 5 nitrogen and oxygen atoms in total. The fourth-order valence-electron chi connectivity index (χ4n) is 2.64. The van der Waals surface area contributed by atoms with Gasteiger partial charge >= 0.3 is 0 Å². The number of hydrogen-bond donors (Lipinski definition) is 0. The van der Waals surface area contributed by atoms with Crippen molar-refractivity contribution in [2.45, 2.75) is 19.4 Å². The number of benzene rings is 1. The molecule has 0 fully saturated rings. The minimum absolute atomic E-state index is 0.205. The van der Waals surface area contributed by atoms with E-state index in [1.807, 2.05) is 29.1 Å². The molecule has 0 aliphatic carbocycles. The molecule has 0 N–H and O–H groups in total. The van der Waals surface area contributed by atoms with Crippen molar-refractivity contribution in [3.8, 4) is 22.8 Å². The largest absolute Gasteiger partial charge is 0.486 e. The Morgan fingerprint density at radius 1 is 1.29 bits per heavy atom. The number of nitrogens with zero attached hydrogens (tertiary/aromatic N) is 3. The van der Waals surface area contributed by atoms with Gasteiger partial charge in [-0.2, -0.15) is 5.10 Å². The Kier molecular flexibility index (Phi) is 4.16. The van der Waals surface area contributed by atoms with Crippen molar-refractivity contribution in [2.24, 2.45) is 0 Å². The van der Waals surface area contributed by atoms with Crippen LogP contribution < -0.4 is 9.47 Å². The third-order valence-electron chi connectivity index (χ3n) is 3.88. The molecule has 0 saturated heterocycles. The van der Waals surface area contributed by atoms with Gasteiger partial charge in [-0.1, -0.05) is 11.6 Å². The second-order valence-electron chi connectivity index (χ2n) is 5.68. The van der Waals surface area contributed by atoms with Crippen LogP contribution in [0.15, 0.2) is 36.0 Å². The number of fused-ring (bicyclic) bond motifs is 1. The van der Waals surface area contributed by atoms with Crippen LogP contribution in [0.4, 0.5) is 0 Å². The van der Waals surface area contributed by atoms with Crippen molar-refractivity contribution in [1.29, 1.82) is 0 Å². The highest BCUT2D eigenvalue weighted by molar-refractivity contribution is 7.09. The molecule has 2 aromatic heterocycles. The molecule has 0 unspecified atom stereocenters. The maximum absolute atomic E-state index is 5.93. The SMILES string of the molecule is C[C@H](Cc1nc(-c2ccc3c(c2)OCCO3)cs1)n1cc(Cl)cn1. The zero-order valence-electron chi connectivity index (χ0n) is 13.1. The Bertz CT molecular complexity index is 861. The summed E-state index contributed by atoms with van der Waals surface area (Å²) in [7, 11) is 0. The molecule has 0 spiro atoms. The maximum atomic E-state index is 5.93. The molecule has 124 valence electrons. The molecule has 0 radical (unpaired) electrons. The topological polar surface area (TPSA) is 49.2 Å². The number of halogens is 1. The van der Waals surface area contributed by atoms with Gasteiger partial charge in [0.2, 0.25) is 0 Å². The van der Waals surface area contributed by atoms with Crippen molar-refractivity contribution in [1.82, 2.24) is 14.8 Å². The van der Waals surface area contributed by atoms with Gasteiger partial charge in [-0.05, 0) is 25.1 Å². The first-order valence-electron chi connectivity index (χ1n) is 7.73. The van der Waals surface area contributed by atoms with Gasteiger partial charge in [0.05, 0.1) is 28.0 Å². The van der Waals surface area contributed by atoms with Crippen LogP contribution in [-0.2, 0) is 6.42 Å². The molecule has 0 saturated carbocycles. The van der Waals surface area contributed by atoms with E-state index in [1.54, 1.807) is 17.5 Å². The Morgan fingerprint density at radius 3 is 2.92 bits per heavy atom. The molecule has 3 aromatic rings. The van der Waals surface area contributed by atoms with E-state index in [2.05, 4.69) is 17.4 Å². The van der Waals surface area contributed by atoms with Crippen LogP contribution in [0.3, 0.4) is 0 Å². The molecule has 0 bridgehead atoms. The molecule has 7 heteroatoms. The Balaban J connectivity index is 1.52. The average molecular weight is 362 g/mol. The minimum Gasteiger partial charge on any atom is -0.486 e. The number of ether oxygens (including phenoxy) is 2. The van der Waals surface area contributed by atoms with E-state index in [0.29, 0.717) is 18.2 Å². The summed E-state index contributed by atoms with van der Waals surface area (Å²) < 4.78 is 13.1. The van der Waals surface area contributed by atoms with Crippen molar-refractivity contribution in [2.75, 3.05) is 13.2 Å². The van der Waals surface area contributed by atoms with Gasteiger partial charge in [0.25, 0.3) is 0 Å². The van der Waals surface area contributed by atoms with Gasteiger partial charge in [0.1, 0.15) is 13.2 Å². The summed E-state index contributed by atoms with van der Waals surface area (Å²) >= 11 is 7.59. The summed E-state index contributed by atoms with van der Waals surface area (Å²) in [6.45, 7) is 3.29. The highest BCUT2D eigenvalue weighted by Crippen LogP contribution is 2.35. The number of thiazole rings is 1. The van der Waals surface area contributed by atoms with Crippen molar-refractivity contribution < 1.29 is 9.47 Å². The summed E-state index contributed by atoms with van der Waals surface area (Å²) in [4.78, 5) is 4.75. The van der Waals surface area contributed by atoms with Crippen LogP contribution in [0.2, 0.25) is 5.02 Å². The molecular formula is C17H16ClN3O2S. The average Bonchev–Trinajstić information content (AvgIpc) is 3.23. The smallest absolute Gasteiger partial charge is 0.162 e. The van der Waals surface area contributed by atoms with Crippen LogP contribution in [0.25, 0.3) is 11.3 Å². The van der Waals surface area contributed by atoms with E-state index in [-0.39, 0.29) is 6.04 Å². The summed E-state index contributed by atoms with van der Waals surface area (Å²) in [5.74, 6) is 1.58. The Hall–Kier alpha value is -2.05. The minimum atomic E-state index is 0.205. The first-order valence-corrected chi connectivity index (χ1v) is 8.99. The summed E-state index contributed by atoms with van der Waals surface area (Å²) in [5, 5.41) is 8.05. The van der Waals surface area contributed by atoms with E-state index in [1.165, 1.54) is 0 Å². The van der Waals surface area contributed by atoms with Crippen LogP contribution in [-0.4, -0.2) is 28.0 Å². The Labute approximate surface area is 148 Å². The highest BCUT2D eigenvalue weighted by atomic mass is 35.5. The van der Waals surface area contributed by atoms with Crippen molar-refractivity contribution >= 4 is 22.9 Å². The number of hydrogen-bond acceptors (Lipinski definition) is 5. The normalized spacial score (nSPS) is 14.6. The zero-order valence-corrected chi connectivity index (χ0v) is 14.7. The van der Waals surface area contributed by atoms with Gasteiger partial charge in [-0.25, -0.2) is 4.98 Å². The number of aromatic nitrogens is 3. The fourth-order valence-corrected chi connectivity index (χ4v) is 3.71. The second kappa shape index (κ2) is 6.45. The molecule has 1 aliphatic rings. The Morgan fingerprint density at radius 2 is 2.12 bits per heavy atom. The van der Waals surface area contributed by atoms with Crippen LogP contribution in [0.5, 0.6) is 11.5 Å². The zero-order chi connectivity index (χ0) is 16.5. The first-order chi connectivity index (χ1) is 11.7. The van der Waals surface area contributed by atoms with Crippen molar-refractivity contribution in [3.05, 3.63) is 46.0 Å². The lowest BCUT2D eigenvalue weighted by Crippen LogP contribution is -2.15. The van der Waals surface area contributed by atoms with Gasteiger partial charge < -0.3 is 9.47 Å². The lowest BCUT2D eigenvalue weighted by atomic mass is 10.1. The van der Waals surface area contributed by atoms with Gasteiger partial charge in [-0.3, -0.25) is 4.68 Å². The maximum Gasteiger partial charge on any atom is 0.162 e. The second-order valence-corrected chi connectivity index (χ2v) is 7.06. The van der Waals surface area contributed by atoms with Gasteiger partial charge in [0, 0.05) is 23.6 Å². The molecule has 1 aliphatic heterocycles. The summed E-state index contributed by atoms with van der Waals surface area (Å²) in [6.07, 6.45) is 4.30. The standard InChI is InChI=1S/C17H16ClN3O2S/c1-11(21-9-13(18)8-19-21)6-17-20-14(10-24-17)12-2-3-15-16(7-12)23-5-4-22-15/h2-3,7-11H,4-6H2,1H3/t11-/m1/s1. The molecule has 4 rings (SSSR count). The molecular weight excluding hydrogens is 346 g/mol. The monoisotopic (exact) mass is 361 g/mol. The van der Waals surface area contributed by atoms with E-state index in [4.69, 9.17) is 26.1 Å². The molecule has 3 heterocycles. The van der Waals surface area contributed by atoms with E-state index < -0.39 is 0 Å². The van der Waals surface area contributed by atoms with E-state index in [0.717, 1.165) is 34.2 Å². The van der Waals surface area contributed by atoms with E-state index in [9.17, 15) is 0 Å². The summed E-state index contributed by atoms with van der Waals surface area (Å²) in [6, 6.07) is 6.15. The van der Waals surface area contributed by atoms with E-state index >= 15 is 0 Å². The lowest BCUT2D eigenvalue weighted by Gasteiger charge is -2.18. The molecule has 0 amide bonds. The fraction of sp³-hybridized carbons (Fsp3) is 0.294. The molecule has 24 heavy (non-hydrogen) atoms. The summed E-state index contributed by atoms with van der Waals surface area (Å²) in [5.41, 5.74) is 1.99. The van der Waals surface area contributed by atoms with Gasteiger partial charge in [-0.15, -0.1) is 11.3 Å². The number of rotatable bonds is 4. The highest BCUT2D eigenvalue weighted by Gasteiger charge is 2.15. The van der Waals surface area contributed by atoms with Crippen LogP contribution in [0.1, 0.15) is 18.0 Å². The quantitative estimate of drug-likeness (QED) is 0.697. The lowest BCUT2D eigenvalue weighted by molar-refractivity contribution is 0.171. The first kappa shape index (κ1) is 15.5.